The highest BCUT2D eigenvalue weighted by Crippen LogP contribution is 2.28. The van der Waals surface area contributed by atoms with Gasteiger partial charge in [-0.2, -0.15) is 0 Å². The number of hydrogen-bond acceptors (Lipinski definition) is 3. The van der Waals surface area contributed by atoms with Gasteiger partial charge in [0.1, 0.15) is 6.04 Å². The third-order valence-electron chi connectivity index (χ3n) is 4.91. The van der Waals surface area contributed by atoms with E-state index in [-0.39, 0.29) is 17.7 Å². The van der Waals surface area contributed by atoms with Gasteiger partial charge >= 0.3 is 0 Å². The SMILES string of the molecule is CN(C)C(=O)c1cc(NC(=O)C(c2ccccc2)N2CCCCC2=O)ccc1Cl. The molecule has 7 heteroatoms. The molecule has 0 bridgehead atoms. The van der Waals surface area contributed by atoms with E-state index in [1.54, 1.807) is 37.2 Å². The van der Waals surface area contributed by atoms with Crippen molar-refractivity contribution < 1.29 is 14.4 Å². The van der Waals surface area contributed by atoms with Crippen molar-refractivity contribution in [2.24, 2.45) is 0 Å². The minimum Gasteiger partial charge on any atom is -0.345 e. The fourth-order valence-electron chi connectivity index (χ4n) is 3.43. The average Bonchev–Trinajstić information content (AvgIpc) is 2.71. The lowest BCUT2D eigenvalue weighted by Gasteiger charge is -2.34. The number of halogens is 1. The first-order valence-electron chi connectivity index (χ1n) is 9.55. The molecule has 0 aliphatic carbocycles. The molecule has 6 nitrogen and oxygen atoms in total. The van der Waals surface area contributed by atoms with E-state index in [1.165, 1.54) is 4.90 Å². The maximum atomic E-state index is 13.2. The van der Waals surface area contributed by atoms with Gasteiger partial charge in [-0.3, -0.25) is 14.4 Å². The largest absolute Gasteiger partial charge is 0.345 e. The van der Waals surface area contributed by atoms with Gasteiger partial charge in [0.05, 0.1) is 10.6 Å². The minimum atomic E-state index is -0.729. The normalized spacial score (nSPS) is 15.0. The van der Waals surface area contributed by atoms with Crippen LogP contribution in [0.5, 0.6) is 0 Å². The van der Waals surface area contributed by atoms with Gasteiger partial charge in [-0.05, 0) is 36.6 Å². The predicted octanol–water partition coefficient (Wildman–Crippen LogP) is 3.73. The zero-order valence-electron chi connectivity index (χ0n) is 16.5. The van der Waals surface area contributed by atoms with Gasteiger partial charge in [0, 0.05) is 32.7 Å². The first-order chi connectivity index (χ1) is 13.9. The van der Waals surface area contributed by atoms with Crippen molar-refractivity contribution >= 4 is 35.0 Å². The van der Waals surface area contributed by atoms with Crippen molar-refractivity contribution in [3.63, 3.8) is 0 Å². The second kappa shape index (κ2) is 9.09. The molecule has 29 heavy (non-hydrogen) atoms. The molecular formula is C22H24ClN3O3. The summed E-state index contributed by atoms with van der Waals surface area (Å²) in [5, 5.41) is 3.17. The number of hydrogen-bond donors (Lipinski definition) is 1. The topological polar surface area (TPSA) is 69.7 Å². The fourth-order valence-corrected chi connectivity index (χ4v) is 3.62. The molecule has 0 saturated carbocycles. The Balaban J connectivity index is 1.90. The molecule has 152 valence electrons. The van der Waals surface area contributed by atoms with Gasteiger partial charge in [0.2, 0.25) is 5.91 Å². The van der Waals surface area contributed by atoms with Crippen LogP contribution in [-0.2, 0) is 9.59 Å². The second-order valence-corrected chi connectivity index (χ2v) is 7.65. The zero-order valence-corrected chi connectivity index (χ0v) is 17.3. The summed E-state index contributed by atoms with van der Waals surface area (Å²) in [5.41, 5.74) is 1.51. The molecule has 1 aliphatic heterocycles. The summed E-state index contributed by atoms with van der Waals surface area (Å²) in [4.78, 5) is 41.1. The van der Waals surface area contributed by atoms with Crippen LogP contribution in [0.25, 0.3) is 0 Å². The monoisotopic (exact) mass is 413 g/mol. The summed E-state index contributed by atoms with van der Waals surface area (Å²) in [6.45, 7) is 0.538. The van der Waals surface area contributed by atoms with Gasteiger partial charge in [0.25, 0.3) is 11.8 Å². The molecule has 1 atom stereocenters. The highest BCUT2D eigenvalue weighted by molar-refractivity contribution is 6.34. The Kier molecular flexibility index (Phi) is 6.54. The van der Waals surface area contributed by atoms with Crippen LogP contribution in [0.4, 0.5) is 5.69 Å². The van der Waals surface area contributed by atoms with Crippen LogP contribution >= 0.6 is 11.6 Å². The molecule has 3 rings (SSSR count). The fraction of sp³-hybridized carbons (Fsp3) is 0.318. The minimum absolute atomic E-state index is 0.0279. The third-order valence-corrected chi connectivity index (χ3v) is 5.24. The third kappa shape index (κ3) is 4.77. The average molecular weight is 414 g/mol. The summed E-state index contributed by atoms with van der Waals surface area (Å²) >= 11 is 6.16. The molecule has 1 unspecified atom stereocenters. The molecule has 1 saturated heterocycles. The van der Waals surface area contributed by atoms with Crippen LogP contribution in [0, 0.1) is 0 Å². The Bertz CT molecular complexity index is 915. The lowest BCUT2D eigenvalue weighted by molar-refractivity contribution is -0.141. The smallest absolute Gasteiger partial charge is 0.254 e. The Morgan fingerprint density at radius 1 is 1.10 bits per heavy atom. The molecule has 1 aliphatic rings. The standard InChI is InChI=1S/C22H24ClN3O3/c1-25(2)22(29)17-14-16(11-12-18(17)23)24-21(28)20(15-8-4-3-5-9-15)26-13-7-6-10-19(26)27/h3-5,8-9,11-12,14,20H,6-7,10,13H2,1-2H3,(H,24,28). The first-order valence-corrected chi connectivity index (χ1v) is 9.93. The van der Waals surface area contributed by atoms with Crippen LogP contribution in [-0.4, -0.2) is 48.2 Å². The number of rotatable bonds is 5. The number of anilines is 1. The summed E-state index contributed by atoms with van der Waals surface area (Å²) < 4.78 is 0. The maximum Gasteiger partial charge on any atom is 0.254 e. The van der Waals surface area contributed by atoms with Crippen LogP contribution in [0.15, 0.2) is 48.5 Å². The quantitative estimate of drug-likeness (QED) is 0.811. The van der Waals surface area contributed by atoms with E-state index in [1.807, 2.05) is 30.3 Å². The molecule has 3 amide bonds. The Morgan fingerprint density at radius 3 is 2.48 bits per heavy atom. The first kappa shape index (κ1) is 20.9. The van der Waals surface area contributed by atoms with Crippen molar-refractivity contribution in [3.05, 3.63) is 64.7 Å². The van der Waals surface area contributed by atoms with Crippen LogP contribution in [0.3, 0.4) is 0 Å². The molecule has 1 N–H and O–H groups in total. The van der Waals surface area contributed by atoms with Gasteiger partial charge in [-0.25, -0.2) is 0 Å². The van der Waals surface area contributed by atoms with Gasteiger partial charge in [0.15, 0.2) is 0 Å². The zero-order chi connectivity index (χ0) is 21.0. The van der Waals surface area contributed by atoms with Crippen molar-refractivity contribution in [1.29, 1.82) is 0 Å². The van der Waals surface area contributed by atoms with Crippen LogP contribution < -0.4 is 5.32 Å². The number of amides is 3. The van der Waals surface area contributed by atoms with Crippen molar-refractivity contribution in [3.8, 4) is 0 Å². The highest BCUT2D eigenvalue weighted by atomic mass is 35.5. The number of benzene rings is 2. The predicted molar refractivity (Wildman–Crippen MR) is 113 cm³/mol. The number of likely N-dealkylation sites (tertiary alicyclic amines) is 1. The summed E-state index contributed by atoms with van der Waals surface area (Å²) in [7, 11) is 3.27. The molecule has 1 heterocycles. The summed E-state index contributed by atoms with van der Waals surface area (Å²) in [6.07, 6.45) is 2.15. The number of carbonyl (C=O) groups is 3. The lowest BCUT2D eigenvalue weighted by Crippen LogP contribution is -2.43. The molecule has 0 spiro atoms. The van der Waals surface area contributed by atoms with Crippen molar-refractivity contribution in [2.75, 3.05) is 26.0 Å². The summed E-state index contributed by atoms with van der Waals surface area (Å²) in [6, 6.07) is 13.3. The molecule has 2 aromatic rings. The van der Waals surface area contributed by atoms with Crippen LogP contribution in [0.2, 0.25) is 5.02 Å². The van der Waals surface area contributed by atoms with E-state index in [2.05, 4.69) is 5.32 Å². The molecule has 2 aromatic carbocycles. The van der Waals surface area contributed by atoms with E-state index in [4.69, 9.17) is 11.6 Å². The second-order valence-electron chi connectivity index (χ2n) is 7.24. The van der Waals surface area contributed by atoms with Crippen LogP contribution in [0.1, 0.15) is 41.2 Å². The molecule has 1 fully saturated rings. The summed E-state index contributed by atoms with van der Waals surface area (Å²) in [5.74, 6) is -0.603. The number of piperidine rings is 1. The highest BCUT2D eigenvalue weighted by Gasteiger charge is 2.32. The van der Waals surface area contributed by atoms with E-state index in [0.29, 0.717) is 29.2 Å². The molecule has 0 aromatic heterocycles. The van der Waals surface area contributed by atoms with E-state index < -0.39 is 6.04 Å². The van der Waals surface area contributed by atoms with Gasteiger partial charge in [-0.1, -0.05) is 41.9 Å². The Labute approximate surface area is 175 Å². The Morgan fingerprint density at radius 2 is 1.83 bits per heavy atom. The number of nitrogens with one attached hydrogen (secondary N) is 1. The van der Waals surface area contributed by atoms with Crippen molar-refractivity contribution in [1.82, 2.24) is 9.80 Å². The molecular weight excluding hydrogens is 390 g/mol. The van der Waals surface area contributed by atoms with Gasteiger partial charge < -0.3 is 15.1 Å². The number of carbonyl (C=O) groups excluding carboxylic acids is 3. The molecule has 0 radical (unpaired) electrons. The van der Waals surface area contributed by atoms with Gasteiger partial charge in [-0.15, -0.1) is 0 Å². The van der Waals surface area contributed by atoms with Crippen molar-refractivity contribution in [2.45, 2.75) is 25.3 Å². The van der Waals surface area contributed by atoms with E-state index in [0.717, 1.165) is 18.4 Å². The lowest BCUT2D eigenvalue weighted by atomic mass is 10.00. The van der Waals surface area contributed by atoms with E-state index in [9.17, 15) is 14.4 Å². The maximum absolute atomic E-state index is 13.2. The Hall–Kier alpha value is -2.86. The van der Waals surface area contributed by atoms with E-state index >= 15 is 0 Å². The number of nitrogens with zero attached hydrogens (tertiary/aromatic N) is 2.